The highest BCUT2D eigenvalue weighted by molar-refractivity contribution is 7.92. The van der Waals surface area contributed by atoms with Gasteiger partial charge in [0.2, 0.25) is 10.0 Å². The highest BCUT2D eigenvalue weighted by Crippen LogP contribution is 2.25. The molecule has 1 atom stereocenters. The average Bonchev–Trinajstić information content (AvgIpc) is 2.52. The Balaban J connectivity index is 2.12. The fourth-order valence-corrected chi connectivity index (χ4v) is 3.43. The number of nitrogens with one attached hydrogen (secondary N) is 2. The van der Waals surface area contributed by atoms with Gasteiger partial charge in [0.1, 0.15) is 0 Å². The van der Waals surface area contributed by atoms with Gasteiger partial charge in [0.05, 0.1) is 22.9 Å². The van der Waals surface area contributed by atoms with Crippen LogP contribution in [0.1, 0.15) is 55.2 Å². The van der Waals surface area contributed by atoms with E-state index in [0.717, 1.165) is 11.8 Å². The lowest BCUT2D eigenvalue weighted by Gasteiger charge is -2.21. The molecule has 0 saturated carbocycles. The lowest BCUT2D eigenvalue weighted by Crippen LogP contribution is -2.27. The van der Waals surface area contributed by atoms with Gasteiger partial charge < -0.3 is 5.32 Å². The number of carbonyl (C=O) groups is 1. The SMILES string of the molecule is C[C@@H](NC(=O)c1ccc(NS(C)(=O)=O)cc1Cl)c1ccc(C(C)(C)C)cc1. The van der Waals surface area contributed by atoms with Crippen LogP contribution in [0.5, 0.6) is 0 Å². The van der Waals surface area contributed by atoms with E-state index in [1.165, 1.54) is 23.8 Å². The van der Waals surface area contributed by atoms with Crippen LogP contribution in [0, 0.1) is 0 Å². The van der Waals surface area contributed by atoms with Crippen molar-refractivity contribution < 1.29 is 13.2 Å². The molecule has 146 valence electrons. The standard InChI is InChI=1S/C20H25ClN2O3S/c1-13(14-6-8-15(9-7-14)20(2,3)4)22-19(24)17-11-10-16(12-18(17)21)23-27(5,25)26/h6-13,23H,1-5H3,(H,22,24)/t13-/m1/s1. The first-order valence-corrected chi connectivity index (χ1v) is 10.8. The van der Waals surface area contributed by atoms with Crippen molar-refractivity contribution >= 4 is 33.2 Å². The quantitative estimate of drug-likeness (QED) is 0.764. The third-order valence-electron chi connectivity index (χ3n) is 4.14. The predicted octanol–water partition coefficient (Wildman–Crippen LogP) is 4.50. The van der Waals surface area contributed by atoms with Gasteiger partial charge in [-0.3, -0.25) is 9.52 Å². The summed E-state index contributed by atoms with van der Waals surface area (Å²) in [5, 5.41) is 3.09. The van der Waals surface area contributed by atoms with Crippen LogP contribution in [0.2, 0.25) is 5.02 Å². The summed E-state index contributed by atoms with van der Waals surface area (Å²) in [4.78, 5) is 12.5. The zero-order valence-corrected chi connectivity index (χ0v) is 17.7. The maximum absolute atomic E-state index is 12.5. The van der Waals surface area contributed by atoms with Crippen molar-refractivity contribution in [3.8, 4) is 0 Å². The van der Waals surface area contributed by atoms with E-state index < -0.39 is 10.0 Å². The molecule has 7 heteroatoms. The summed E-state index contributed by atoms with van der Waals surface area (Å²) in [5.41, 5.74) is 2.88. The van der Waals surface area contributed by atoms with Gasteiger partial charge in [-0.15, -0.1) is 0 Å². The number of rotatable bonds is 5. The Morgan fingerprint density at radius 3 is 2.15 bits per heavy atom. The molecule has 1 amide bonds. The minimum Gasteiger partial charge on any atom is -0.345 e. The van der Waals surface area contributed by atoms with Crippen LogP contribution >= 0.6 is 11.6 Å². The number of carbonyl (C=O) groups excluding carboxylic acids is 1. The summed E-state index contributed by atoms with van der Waals surface area (Å²) >= 11 is 6.16. The van der Waals surface area contributed by atoms with Crippen LogP contribution in [-0.4, -0.2) is 20.6 Å². The van der Waals surface area contributed by atoms with E-state index in [9.17, 15) is 13.2 Å². The topological polar surface area (TPSA) is 75.3 Å². The molecule has 0 aromatic heterocycles. The second-order valence-corrected chi connectivity index (χ2v) is 9.79. The maximum atomic E-state index is 12.5. The van der Waals surface area contributed by atoms with E-state index >= 15 is 0 Å². The number of hydrogen-bond donors (Lipinski definition) is 2. The molecule has 0 radical (unpaired) electrons. The molecule has 2 aromatic carbocycles. The van der Waals surface area contributed by atoms with Crippen molar-refractivity contribution in [1.82, 2.24) is 5.32 Å². The number of amides is 1. The van der Waals surface area contributed by atoms with Crippen molar-refractivity contribution in [1.29, 1.82) is 0 Å². The Morgan fingerprint density at radius 1 is 1.07 bits per heavy atom. The summed E-state index contributed by atoms with van der Waals surface area (Å²) in [6.07, 6.45) is 1.05. The molecule has 0 spiro atoms. The highest BCUT2D eigenvalue weighted by Gasteiger charge is 2.17. The zero-order valence-electron chi connectivity index (χ0n) is 16.1. The van der Waals surface area contributed by atoms with Gasteiger partial charge in [0.15, 0.2) is 0 Å². The largest absolute Gasteiger partial charge is 0.345 e. The van der Waals surface area contributed by atoms with Crippen LogP contribution in [0.3, 0.4) is 0 Å². The molecule has 0 heterocycles. The van der Waals surface area contributed by atoms with Crippen molar-refractivity contribution in [3.05, 3.63) is 64.2 Å². The van der Waals surface area contributed by atoms with E-state index in [2.05, 4.69) is 42.9 Å². The Hall–Kier alpha value is -2.05. The second-order valence-electron chi connectivity index (χ2n) is 7.64. The Morgan fingerprint density at radius 2 is 1.67 bits per heavy atom. The molecule has 0 saturated heterocycles. The van der Waals surface area contributed by atoms with Crippen LogP contribution in [0.4, 0.5) is 5.69 Å². The predicted molar refractivity (Wildman–Crippen MR) is 111 cm³/mol. The number of benzene rings is 2. The van der Waals surface area contributed by atoms with E-state index in [0.29, 0.717) is 5.69 Å². The second kappa shape index (κ2) is 7.90. The minimum absolute atomic E-state index is 0.0697. The van der Waals surface area contributed by atoms with E-state index in [-0.39, 0.29) is 28.0 Å². The van der Waals surface area contributed by atoms with Gasteiger partial charge in [0.25, 0.3) is 5.91 Å². The molecular weight excluding hydrogens is 384 g/mol. The van der Waals surface area contributed by atoms with Crippen molar-refractivity contribution in [2.45, 2.75) is 39.2 Å². The van der Waals surface area contributed by atoms with Gasteiger partial charge in [-0.05, 0) is 41.7 Å². The fraction of sp³-hybridized carbons (Fsp3) is 0.350. The number of halogens is 1. The first-order valence-electron chi connectivity index (χ1n) is 8.55. The summed E-state index contributed by atoms with van der Waals surface area (Å²) < 4.78 is 24.9. The Kier molecular flexibility index (Phi) is 6.22. The first kappa shape index (κ1) is 21.3. The first-order chi connectivity index (χ1) is 12.4. The molecule has 2 N–H and O–H groups in total. The van der Waals surface area contributed by atoms with E-state index in [4.69, 9.17) is 11.6 Å². The van der Waals surface area contributed by atoms with Crippen LogP contribution in [-0.2, 0) is 15.4 Å². The summed E-state index contributed by atoms with van der Waals surface area (Å²) in [6, 6.07) is 12.4. The molecule has 0 unspecified atom stereocenters. The minimum atomic E-state index is -3.41. The molecule has 2 aromatic rings. The summed E-state index contributed by atoms with van der Waals surface area (Å²) in [5.74, 6) is -0.321. The Labute approximate surface area is 166 Å². The maximum Gasteiger partial charge on any atom is 0.253 e. The molecule has 0 aliphatic carbocycles. The van der Waals surface area contributed by atoms with E-state index in [1.807, 2.05) is 19.1 Å². The lowest BCUT2D eigenvalue weighted by molar-refractivity contribution is 0.0940. The molecule has 27 heavy (non-hydrogen) atoms. The Bertz CT molecular complexity index is 933. The summed E-state index contributed by atoms with van der Waals surface area (Å²) in [7, 11) is -3.41. The van der Waals surface area contributed by atoms with Gasteiger partial charge in [-0.2, -0.15) is 0 Å². The number of hydrogen-bond acceptors (Lipinski definition) is 3. The van der Waals surface area contributed by atoms with Gasteiger partial charge in [0, 0.05) is 5.69 Å². The van der Waals surface area contributed by atoms with Gasteiger partial charge >= 0.3 is 0 Å². The van der Waals surface area contributed by atoms with Crippen LogP contribution in [0.25, 0.3) is 0 Å². The van der Waals surface area contributed by atoms with Crippen molar-refractivity contribution in [3.63, 3.8) is 0 Å². The average molecular weight is 409 g/mol. The van der Waals surface area contributed by atoms with Crippen LogP contribution in [0.15, 0.2) is 42.5 Å². The fourth-order valence-electron chi connectivity index (χ4n) is 2.61. The molecule has 5 nitrogen and oxygen atoms in total. The molecule has 0 aliphatic rings. The molecule has 0 fully saturated rings. The van der Waals surface area contributed by atoms with Crippen molar-refractivity contribution in [2.75, 3.05) is 11.0 Å². The van der Waals surface area contributed by atoms with Gasteiger partial charge in [-0.25, -0.2) is 8.42 Å². The van der Waals surface area contributed by atoms with Gasteiger partial charge in [-0.1, -0.05) is 56.6 Å². The number of sulfonamides is 1. The lowest BCUT2D eigenvalue weighted by atomic mass is 9.86. The normalized spacial score (nSPS) is 13.1. The smallest absolute Gasteiger partial charge is 0.253 e. The zero-order chi connectivity index (χ0) is 20.4. The third-order valence-corrected chi connectivity index (χ3v) is 5.06. The highest BCUT2D eigenvalue weighted by atomic mass is 35.5. The molecule has 0 bridgehead atoms. The molecule has 0 aliphatic heterocycles. The number of anilines is 1. The van der Waals surface area contributed by atoms with Crippen LogP contribution < -0.4 is 10.0 Å². The molecule has 2 rings (SSSR count). The van der Waals surface area contributed by atoms with E-state index in [1.54, 1.807) is 0 Å². The third kappa shape index (κ3) is 5.97. The molecular formula is C20H25ClN2O3S. The van der Waals surface area contributed by atoms with Crippen molar-refractivity contribution in [2.24, 2.45) is 0 Å². The summed E-state index contributed by atoms with van der Waals surface area (Å²) in [6.45, 7) is 8.35. The monoisotopic (exact) mass is 408 g/mol.